The van der Waals surface area contributed by atoms with Gasteiger partial charge in [-0.3, -0.25) is 9.59 Å². The molecule has 6 heteroatoms. The Balaban J connectivity index is 2.08. The predicted molar refractivity (Wildman–Crippen MR) is 96.1 cm³/mol. The van der Waals surface area contributed by atoms with Crippen molar-refractivity contribution in [2.24, 2.45) is 0 Å². The Labute approximate surface area is 149 Å². The average Bonchev–Trinajstić information content (AvgIpc) is 2.86. The molecule has 2 rings (SSSR count). The Morgan fingerprint density at radius 1 is 0.960 bits per heavy atom. The summed E-state index contributed by atoms with van der Waals surface area (Å²) in [4.78, 5) is 28.6. The minimum atomic E-state index is -0.0579. The van der Waals surface area contributed by atoms with Crippen LogP contribution >= 0.6 is 0 Å². The minimum Gasteiger partial charge on any atom is -0.493 e. The molecule has 0 spiro atoms. The standard InChI is InChI=1S/C19H26N2O4/c1-14(2)12-18(22)20-8-5-9-21(11-10-20)19(23)15-6-7-16(24-3)17(13-15)25-4/h6-7,12-13H,5,8-11H2,1-4H3. The summed E-state index contributed by atoms with van der Waals surface area (Å²) < 4.78 is 10.5. The first kappa shape index (κ1) is 18.8. The number of rotatable bonds is 4. The van der Waals surface area contributed by atoms with Crippen LogP contribution in [0.2, 0.25) is 0 Å². The van der Waals surface area contributed by atoms with Crippen molar-refractivity contribution in [1.82, 2.24) is 9.80 Å². The van der Waals surface area contributed by atoms with Gasteiger partial charge in [-0.05, 0) is 38.5 Å². The lowest BCUT2D eigenvalue weighted by Crippen LogP contribution is -2.36. The van der Waals surface area contributed by atoms with Gasteiger partial charge in [0.2, 0.25) is 5.91 Å². The van der Waals surface area contributed by atoms with Gasteiger partial charge in [0.1, 0.15) is 0 Å². The fourth-order valence-electron chi connectivity index (χ4n) is 2.83. The van der Waals surface area contributed by atoms with E-state index in [0.717, 1.165) is 12.0 Å². The second-order valence-corrected chi connectivity index (χ2v) is 6.26. The van der Waals surface area contributed by atoms with Crippen LogP contribution < -0.4 is 9.47 Å². The summed E-state index contributed by atoms with van der Waals surface area (Å²) in [5.41, 5.74) is 1.54. The lowest BCUT2D eigenvalue weighted by Gasteiger charge is -2.22. The Bertz CT molecular complexity index is 665. The van der Waals surface area contributed by atoms with Crippen molar-refractivity contribution < 1.29 is 19.1 Å². The van der Waals surface area contributed by atoms with Gasteiger partial charge in [-0.2, -0.15) is 0 Å². The molecule has 1 aromatic carbocycles. The van der Waals surface area contributed by atoms with Gasteiger partial charge < -0.3 is 19.3 Å². The third-order valence-electron chi connectivity index (χ3n) is 4.14. The van der Waals surface area contributed by atoms with Crippen LogP contribution in [0.25, 0.3) is 0 Å². The van der Waals surface area contributed by atoms with E-state index in [9.17, 15) is 9.59 Å². The number of benzene rings is 1. The molecule has 0 saturated carbocycles. The highest BCUT2D eigenvalue weighted by Gasteiger charge is 2.22. The smallest absolute Gasteiger partial charge is 0.254 e. The van der Waals surface area contributed by atoms with Gasteiger partial charge in [0.05, 0.1) is 14.2 Å². The summed E-state index contributed by atoms with van der Waals surface area (Å²) in [6, 6.07) is 5.16. The number of ether oxygens (including phenoxy) is 2. The summed E-state index contributed by atoms with van der Waals surface area (Å²) in [5, 5.41) is 0. The maximum Gasteiger partial charge on any atom is 0.254 e. The number of nitrogens with zero attached hydrogens (tertiary/aromatic N) is 2. The summed E-state index contributed by atoms with van der Waals surface area (Å²) >= 11 is 0. The van der Waals surface area contributed by atoms with E-state index < -0.39 is 0 Å². The van der Waals surface area contributed by atoms with Crippen molar-refractivity contribution in [2.45, 2.75) is 20.3 Å². The molecule has 0 aliphatic carbocycles. The topological polar surface area (TPSA) is 59.1 Å². The maximum atomic E-state index is 12.8. The highest BCUT2D eigenvalue weighted by atomic mass is 16.5. The fraction of sp³-hybridized carbons (Fsp3) is 0.474. The first-order valence-electron chi connectivity index (χ1n) is 8.41. The summed E-state index contributed by atoms with van der Waals surface area (Å²) in [5.74, 6) is 1.08. The number of carbonyl (C=O) groups excluding carboxylic acids is 2. The SMILES string of the molecule is COc1ccc(C(=O)N2CCCN(C(=O)C=C(C)C)CC2)cc1OC. The molecule has 1 aromatic rings. The van der Waals surface area contributed by atoms with Gasteiger partial charge >= 0.3 is 0 Å². The Morgan fingerprint density at radius 2 is 1.60 bits per heavy atom. The van der Waals surface area contributed by atoms with Crippen LogP contribution in [0.3, 0.4) is 0 Å². The van der Waals surface area contributed by atoms with Gasteiger partial charge in [-0.1, -0.05) is 5.57 Å². The first-order chi connectivity index (χ1) is 12.0. The molecule has 0 unspecified atom stereocenters. The molecule has 136 valence electrons. The maximum absolute atomic E-state index is 12.8. The molecular weight excluding hydrogens is 320 g/mol. The molecule has 1 heterocycles. The van der Waals surface area contributed by atoms with Crippen LogP contribution in [0.1, 0.15) is 30.6 Å². The third-order valence-corrected chi connectivity index (χ3v) is 4.14. The molecule has 0 aromatic heterocycles. The molecule has 0 radical (unpaired) electrons. The molecule has 1 aliphatic heterocycles. The van der Waals surface area contributed by atoms with Crippen molar-refractivity contribution in [2.75, 3.05) is 40.4 Å². The van der Waals surface area contributed by atoms with Gasteiger partial charge in [-0.15, -0.1) is 0 Å². The second-order valence-electron chi connectivity index (χ2n) is 6.26. The summed E-state index contributed by atoms with van der Waals surface area (Å²) in [6.07, 6.45) is 2.41. The lowest BCUT2D eigenvalue weighted by atomic mass is 10.1. The van der Waals surface area contributed by atoms with Crippen molar-refractivity contribution >= 4 is 11.8 Å². The molecule has 0 bridgehead atoms. The van der Waals surface area contributed by atoms with Crippen LogP contribution in [0.5, 0.6) is 11.5 Å². The van der Waals surface area contributed by atoms with E-state index in [0.29, 0.717) is 43.2 Å². The highest BCUT2D eigenvalue weighted by Crippen LogP contribution is 2.28. The third kappa shape index (κ3) is 4.75. The van der Waals surface area contributed by atoms with Crippen molar-refractivity contribution in [3.8, 4) is 11.5 Å². The Morgan fingerprint density at radius 3 is 2.24 bits per heavy atom. The number of methoxy groups -OCH3 is 2. The van der Waals surface area contributed by atoms with E-state index in [1.54, 1.807) is 48.3 Å². The molecule has 1 fully saturated rings. The lowest BCUT2D eigenvalue weighted by molar-refractivity contribution is -0.125. The molecule has 25 heavy (non-hydrogen) atoms. The zero-order chi connectivity index (χ0) is 18.4. The van der Waals surface area contributed by atoms with Crippen LogP contribution in [-0.4, -0.2) is 62.0 Å². The second kappa shape index (κ2) is 8.55. The average molecular weight is 346 g/mol. The number of allylic oxidation sites excluding steroid dienone is 1. The van der Waals surface area contributed by atoms with E-state index in [2.05, 4.69) is 0 Å². The van der Waals surface area contributed by atoms with Crippen LogP contribution in [-0.2, 0) is 4.79 Å². The first-order valence-corrected chi connectivity index (χ1v) is 8.41. The summed E-state index contributed by atoms with van der Waals surface area (Å²) in [7, 11) is 3.11. The largest absolute Gasteiger partial charge is 0.493 e. The number of amides is 2. The predicted octanol–water partition coefficient (Wildman–Crippen LogP) is 2.34. The Hall–Kier alpha value is -2.50. The van der Waals surface area contributed by atoms with E-state index in [4.69, 9.17) is 9.47 Å². The number of carbonyl (C=O) groups is 2. The fourth-order valence-corrected chi connectivity index (χ4v) is 2.83. The van der Waals surface area contributed by atoms with Gasteiger partial charge in [-0.25, -0.2) is 0 Å². The van der Waals surface area contributed by atoms with Crippen LogP contribution in [0.4, 0.5) is 0 Å². The van der Waals surface area contributed by atoms with Crippen LogP contribution in [0.15, 0.2) is 29.8 Å². The summed E-state index contributed by atoms with van der Waals surface area (Å²) in [6.45, 7) is 6.17. The molecule has 2 amide bonds. The number of hydrogen-bond acceptors (Lipinski definition) is 4. The van der Waals surface area contributed by atoms with Gasteiger partial charge in [0.25, 0.3) is 5.91 Å². The van der Waals surface area contributed by atoms with Gasteiger partial charge in [0.15, 0.2) is 11.5 Å². The molecule has 1 saturated heterocycles. The zero-order valence-corrected chi connectivity index (χ0v) is 15.4. The van der Waals surface area contributed by atoms with E-state index in [-0.39, 0.29) is 11.8 Å². The molecule has 0 atom stereocenters. The molecule has 0 N–H and O–H groups in total. The van der Waals surface area contributed by atoms with Crippen molar-refractivity contribution in [3.63, 3.8) is 0 Å². The van der Waals surface area contributed by atoms with E-state index in [1.807, 2.05) is 13.8 Å². The van der Waals surface area contributed by atoms with E-state index in [1.165, 1.54) is 0 Å². The molecular formula is C19H26N2O4. The van der Waals surface area contributed by atoms with Crippen molar-refractivity contribution in [1.29, 1.82) is 0 Å². The quantitative estimate of drug-likeness (QED) is 0.785. The highest BCUT2D eigenvalue weighted by molar-refractivity contribution is 5.95. The monoisotopic (exact) mass is 346 g/mol. The van der Waals surface area contributed by atoms with Gasteiger partial charge in [0, 0.05) is 37.8 Å². The minimum absolute atomic E-state index is 0.0143. The molecule has 1 aliphatic rings. The Kier molecular flexibility index (Phi) is 6.44. The number of hydrogen-bond donors (Lipinski definition) is 0. The molecule has 6 nitrogen and oxygen atoms in total. The zero-order valence-electron chi connectivity index (χ0n) is 15.4. The van der Waals surface area contributed by atoms with E-state index >= 15 is 0 Å². The normalized spacial score (nSPS) is 14.6. The van der Waals surface area contributed by atoms with Crippen molar-refractivity contribution in [3.05, 3.63) is 35.4 Å². The van der Waals surface area contributed by atoms with Crippen LogP contribution in [0, 0.1) is 0 Å².